The topological polar surface area (TPSA) is 35.2 Å². The number of benzene rings is 2. The third kappa shape index (κ3) is 3.32. The van der Waals surface area contributed by atoms with Crippen molar-refractivity contribution in [1.29, 1.82) is 0 Å². The Labute approximate surface area is 113 Å². The minimum atomic E-state index is -0.365. The molecule has 0 saturated carbocycles. The summed E-state index contributed by atoms with van der Waals surface area (Å²) in [5, 5.41) is 0. The van der Waals surface area contributed by atoms with Crippen molar-refractivity contribution in [2.45, 2.75) is 20.0 Å². The van der Waals surface area contributed by atoms with Crippen LogP contribution in [0.15, 0.2) is 42.5 Å². The Hall–Kier alpha value is -1.87. The van der Waals surface area contributed by atoms with Crippen LogP contribution < -0.4 is 10.5 Å². The van der Waals surface area contributed by atoms with Gasteiger partial charge < -0.3 is 10.5 Å². The maximum absolute atomic E-state index is 13.7. The van der Waals surface area contributed by atoms with Crippen molar-refractivity contribution in [1.82, 2.24) is 0 Å². The Bertz CT molecular complexity index is 551. The molecule has 0 aliphatic carbocycles. The predicted molar refractivity (Wildman–Crippen MR) is 74.7 cm³/mol. The molecule has 0 amide bonds. The van der Waals surface area contributed by atoms with E-state index in [1.807, 2.05) is 38.1 Å². The molecule has 19 heavy (non-hydrogen) atoms. The second-order valence-corrected chi connectivity index (χ2v) is 4.69. The van der Waals surface area contributed by atoms with Crippen LogP contribution >= 0.6 is 0 Å². The van der Waals surface area contributed by atoms with Gasteiger partial charge in [-0.25, -0.2) is 4.39 Å². The van der Waals surface area contributed by atoms with Gasteiger partial charge in [0.25, 0.3) is 0 Å². The monoisotopic (exact) mass is 259 g/mol. The van der Waals surface area contributed by atoms with E-state index in [0.717, 1.165) is 11.1 Å². The number of ether oxygens (including phenoxy) is 1. The number of hydrogen-bond donors (Lipinski definition) is 1. The lowest BCUT2D eigenvalue weighted by Gasteiger charge is -2.18. The largest absolute Gasteiger partial charge is 0.481 e. The molecule has 2 aromatic carbocycles. The third-order valence-electron chi connectivity index (χ3n) is 3.02. The molecule has 0 aliphatic heterocycles. The summed E-state index contributed by atoms with van der Waals surface area (Å²) in [7, 11) is 0. The Morgan fingerprint density at radius 2 is 1.68 bits per heavy atom. The molecule has 0 aliphatic rings. The molecular weight excluding hydrogens is 241 g/mol. The fourth-order valence-electron chi connectivity index (χ4n) is 1.89. The number of halogens is 1. The highest BCUT2D eigenvalue weighted by atomic mass is 19.1. The highest BCUT2D eigenvalue weighted by Gasteiger charge is 2.14. The first-order valence-corrected chi connectivity index (χ1v) is 6.29. The molecule has 2 N–H and O–H groups in total. The van der Waals surface area contributed by atoms with Gasteiger partial charge in [0.15, 0.2) is 11.6 Å². The van der Waals surface area contributed by atoms with Crippen LogP contribution in [0.3, 0.4) is 0 Å². The van der Waals surface area contributed by atoms with Gasteiger partial charge in [0.1, 0.15) is 6.10 Å². The molecule has 0 spiro atoms. The number of nitrogens with two attached hydrogens (primary N) is 1. The van der Waals surface area contributed by atoms with Crippen molar-refractivity contribution < 1.29 is 9.13 Å². The van der Waals surface area contributed by atoms with Crippen molar-refractivity contribution in [3.8, 4) is 5.75 Å². The first kappa shape index (κ1) is 13.6. The summed E-state index contributed by atoms with van der Waals surface area (Å²) in [6.45, 7) is 4.22. The van der Waals surface area contributed by atoms with Gasteiger partial charge in [0.05, 0.1) is 0 Å². The van der Waals surface area contributed by atoms with Crippen molar-refractivity contribution >= 4 is 0 Å². The maximum Gasteiger partial charge on any atom is 0.165 e. The van der Waals surface area contributed by atoms with E-state index in [0.29, 0.717) is 6.54 Å². The molecule has 0 saturated heterocycles. The minimum Gasteiger partial charge on any atom is -0.481 e. The van der Waals surface area contributed by atoms with Crippen LogP contribution in [-0.4, -0.2) is 6.54 Å². The van der Waals surface area contributed by atoms with E-state index < -0.39 is 0 Å². The molecule has 2 rings (SSSR count). The fraction of sp³-hybridized carbons (Fsp3) is 0.250. The van der Waals surface area contributed by atoms with E-state index in [1.165, 1.54) is 11.6 Å². The summed E-state index contributed by atoms with van der Waals surface area (Å²) in [5.74, 6) is -0.118. The molecule has 2 nitrogen and oxygen atoms in total. The van der Waals surface area contributed by atoms with E-state index in [1.54, 1.807) is 12.1 Å². The average Bonchev–Trinajstić information content (AvgIpc) is 2.41. The van der Waals surface area contributed by atoms with E-state index in [2.05, 4.69) is 0 Å². The Morgan fingerprint density at radius 1 is 1.05 bits per heavy atom. The SMILES string of the molecule is Cc1ccc(C(CN)Oc2cc(C)ccc2F)cc1. The predicted octanol–water partition coefficient (Wildman–Crippen LogP) is 3.52. The number of rotatable bonds is 4. The first-order valence-electron chi connectivity index (χ1n) is 6.29. The molecule has 0 aromatic heterocycles. The van der Waals surface area contributed by atoms with Crippen LogP contribution in [0.2, 0.25) is 0 Å². The van der Waals surface area contributed by atoms with Crippen LogP contribution in [0, 0.1) is 19.7 Å². The third-order valence-corrected chi connectivity index (χ3v) is 3.02. The van der Waals surface area contributed by atoms with Crippen LogP contribution in [0.1, 0.15) is 22.8 Å². The van der Waals surface area contributed by atoms with Crippen LogP contribution in [0.25, 0.3) is 0 Å². The summed E-state index contributed by atoms with van der Waals surface area (Å²) in [5.41, 5.74) is 8.81. The quantitative estimate of drug-likeness (QED) is 0.911. The number of aryl methyl sites for hydroxylation is 2. The maximum atomic E-state index is 13.7. The zero-order chi connectivity index (χ0) is 13.8. The molecule has 1 atom stereocenters. The molecule has 0 bridgehead atoms. The summed E-state index contributed by atoms with van der Waals surface area (Å²) in [6, 6.07) is 12.7. The molecule has 3 heteroatoms. The zero-order valence-corrected chi connectivity index (χ0v) is 11.2. The fourth-order valence-corrected chi connectivity index (χ4v) is 1.89. The van der Waals surface area contributed by atoms with Crippen molar-refractivity contribution in [2.75, 3.05) is 6.54 Å². The lowest BCUT2D eigenvalue weighted by Crippen LogP contribution is -2.19. The molecule has 2 aromatic rings. The molecule has 1 unspecified atom stereocenters. The van der Waals surface area contributed by atoms with Gasteiger partial charge in [-0.2, -0.15) is 0 Å². The summed E-state index contributed by atoms with van der Waals surface area (Å²) in [4.78, 5) is 0. The van der Waals surface area contributed by atoms with Gasteiger partial charge in [0.2, 0.25) is 0 Å². The Balaban J connectivity index is 2.23. The minimum absolute atomic E-state index is 0.246. The second-order valence-electron chi connectivity index (χ2n) is 4.69. The van der Waals surface area contributed by atoms with Crippen molar-refractivity contribution in [2.24, 2.45) is 5.73 Å². The number of hydrogen-bond acceptors (Lipinski definition) is 2. The molecular formula is C16H18FNO. The van der Waals surface area contributed by atoms with E-state index >= 15 is 0 Å². The lowest BCUT2D eigenvalue weighted by molar-refractivity contribution is 0.204. The Morgan fingerprint density at radius 3 is 2.32 bits per heavy atom. The van der Waals surface area contributed by atoms with Gasteiger partial charge in [-0.05, 0) is 37.1 Å². The van der Waals surface area contributed by atoms with Gasteiger partial charge in [-0.1, -0.05) is 35.9 Å². The first-order chi connectivity index (χ1) is 9.10. The standard InChI is InChI=1S/C16H18FNO/c1-11-3-6-13(7-4-11)16(10-18)19-15-9-12(2)5-8-14(15)17/h3-9,16H,10,18H2,1-2H3. The molecule has 0 radical (unpaired) electrons. The lowest BCUT2D eigenvalue weighted by atomic mass is 10.1. The van der Waals surface area contributed by atoms with E-state index in [4.69, 9.17) is 10.5 Å². The van der Waals surface area contributed by atoms with Crippen LogP contribution in [-0.2, 0) is 0 Å². The normalized spacial score (nSPS) is 12.2. The summed E-state index contributed by atoms with van der Waals surface area (Å²) >= 11 is 0. The van der Waals surface area contributed by atoms with Crippen LogP contribution in [0.5, 0.6) is 5.75 Å². The smallest absolute Gasteiger partial charge is 0.165 e. The van der Waals surface area contributed by atoms with E-state index in [-0.39, 0.29) is 17.7 Å². The Kier molecular flexibility index (Phi) is 4.17. The van der Waals surface area contributed by atoms with Crippen molar-refractivity contribution in [3.63, 3.8) is 0 Å². The van der Waals surface area contributed by atoms with E-state index in [9.17, 15) is 4.39 Å². The highest BCUT2D eigenvalue weighted by molar-refractivity contribution is 5.31. The average molecular weight is 259 g/mol. The second kappa shape index (κ2) is 5.85. The van der Waals surface area contributed by atoms with Gasteiger partial charge >= 0.3 is 0 Å². The summed E-state index contributed by atoms with van der Waals surface area (Å²) < 4.78 is 19.4. The van der Waals surface area contributed by atoms with Gasteiger partial charge in [0, 0.05) is 6.54 Å². The van der Waals surface area contributed by atoms with Crippen LogP contribution in [0.4, 0.5) is 4.39 Å². The molecule has 100 valence electrons. The molecule has 0 fully saturated rings. The van der Waals surface area contributed by atoms with Gasteiger partial charge in [-0.15, -0.1) is 0 Å². The van der Waals surface area contributed by atoms with Crippen molar-refractivity contribution in [3.05, 3.63) is 65.0 Å². The van der Waals surface area contributed by atoms with Gasteiger partial charge in [-0.3, -0.25) is 0 Å². The highest BCUT2D eigenvalue weighted by Crippen LogP contribution is 2.25. The molecule has 0 heterocycles. The zero-order valence-electron chi connectivity index (χ0n) is 11.2. The summed E-state index contributed by atoms with van der Waals surface area (Å²) in [6.07, 6.45) is -0.336.